The van der Waals surface area contributed by atoms with Crippen molar-refractivity contribution < 1.29 is 37.4 Å². The number of aliphatic carboxylic acids is 1. The predicted molar refractivity (Wildman–Crippen MR) is 168 cm³/mol. The molecule has 3 atom stereocenters. The molecule has 3 unspecified atom stereocenters. The predicted octanol–water partition coefficient (Wildman–Crippen LogP) is 2.02. The monoisotopic (exact) mass is 651 g/mol. The van der Waals surface area contributed by atoms with Crippen LogP contribution >= 0.6 is 0 Å². The Morgan fingerprint density at radius 1 is 1.00 bits per heavy atom. The van der Waals surface area contributed by atoms with Gasteiger partial charge in [-0.05, 0) is 50.6 Å². The van der Waals surface area contributed by atoms with Crippen molar-refractivity contribution in [2.24, 2.45) is 11.8 Å². The molecule has 0 radical (unpaired) electrons. The van der Waals surface area contributed by atoms with Gasteiger partial charge in [0, 0.05) is 44.6 Å². The number of hydrogen-bond donors (Lipinski definition) is 5. The molecule has 0 saturated heterocycles. The van der Waals surface area contributed by atoms with E-state index in [0.29, 0.717) is 24.1 Å². The largest absolute Gasteiger partial charge is 0.481 e. The normalized spacial score (nSPS) is 14.5. The molecule has 0 bridgehead atoms. The maximum Gasteiger partial charge on any atom is 0.307 e. The fourth-order valence-corrected chi connectivity index (χ4v) is 5.82. The molecule has 250 valence electrons. The molecule has 12 nitrogen and oxygen atoms in total. The fraction of sp³-hybridized carbons (Fsp3) is 0.516. The summed E-state index contributed by atoms with van der Waals surface area (Å²) in [6.07, 6.45) is 0.712. The quantitative estimate of drug-likeness (QED) is 0.136. The minimum atomic E-state index is -4.18. The topological polar surface area (TPSA) is 168 Å². The molecule has 0 saturated carbocycles. The Labute approximate surface area is 265 Å². The second kappa shape index (κ2) is 17.9. The molecule has 0 aliphatic heterocycles. The number of carboxylic acid groups (broad SMARTS) is 1. The van der Waals surface area contributed by atoms with Crippen LogP contribution in [0.15, 0.2) is 54.6 Å². The number of carbonyl (C=O) groups excluding carboxylic acids is 2. The Morgan fingerprint density at radius 2 is 1.64 bits per heavy atom. The number of likely N-dealkylation sites (N-methyl/N-ethyl adjacent to an activating group) is 1. The van der Waals surface area contributed by atoms with Crippen LogP contribution < -0.4 is 15.4 Å². The highest BCUT2D eigenvalue weighted by molar-refractivity contribution is 7.87. The summed E-state index contributed by atoms with van der Waals surface area (Å²) < 4.78 is 43.3. The van der Waals surface area contributed by atoms with Gasteiger partial charge in [0.15, 0.2) is 5.72 Å². The SMILES string of the molecule is CC(CCNC(=O)CN(C)C)CC(=O)NC(O)(CCCN(Cc1ccc(F)cc1)S(=O)(=O)NCC(C)C(=O)O)c1ccccc1. The smallest absolute Gasteiger partial charge is 0.307 e. The minimum Gasteiger partial charge on any atom is -0.481 e. The van der Waals surface area contributed by atoms with Crippen LogP contribution in [0.2, 0.25) is 0 Å². The number of hydrogen-bond acceptors (Lipinski definition) is 7. The lowest BCUT2D eigenvalue weighted by Crippen LogP contribution is -2.47. The number of nitrogens with one attached hydrogen (secondary N) is 3. The van der Waals surface area contributed by atoms with E-state index in [1.165, 1.54) is 31.2 Å². The van der Waals surface area contributed by atoms with E-state index in [2.05, 4.69) is 15.4 Å². The maximum absolute atomic E-state index is 13.5. The first-order valence-corrected chi connectivity index (χ1v) is 16.3. The second-order valence-electron chi connectivity index (χ2n) is 11.6. The molecule has 0 fully saturated rings. The van der Waals surface area contributed by atoms with E-state index in [-0.39, 0.29) is 57.3 Å². The van der Waals surface area contributed by atoms with Crippen molar-refractivity contribution >= 4 is 28.0 Å². The summed E-state index contributed by atoms with van der Waals surface area (Å²) in [5.41, 5.74) is -0.885. The van der Waals surface area contributed by atoms with E-state index in [4.69, 9.17) is 0 Å². The van der Waals surface area contributed by atoms with Gasteiger partial charge in [-0.15, -0.1) is 0 Å². The van der Waals surface area contributed by atoms with E-state index in [1.54, 1.807) is 49.3 Å². The van der Waals surface area contributed by atoms with Crippen LogP contribution in [0.4, 0.5) is 4.39 Å². The number of amides is 2. The summed E-state index contributed by atoms with van der Waals surface area (Å²) in [4.78, 5) is 37.9. The summed E-state index contributed by atoms with van der Waals surface area (Å²) in [5.74, 6) is -3.22. The van der Waals surface area contributed by atoms with Crippen molar-refractivity contribution in [3.05, 3.63) is 71.5 Å². The lowest BCUT2D eigenvalue weighted by Gasteiger charge is -2.31. The van der Waals surface area contributed by atoms with Crippen LogP contribution in [0.1, 0.15) is 50.7 Å². The van der Waals surface area contributed by atoms with Gasteiger partial charge in [0.2, 0.25) is 11.8 Å². The first-order valence-electron chi connectivity index (χ1n) is 14.8. The number of halogens is 1. The van der Waals surface area contributed by atoms with E-state index in [9.17, 15) is 37.4 Å². The molecule has 0 spiro atoms. The molecule has 14 heteroatoms. The standard InChI is InChI=1S/C31H46FN5O7S/c1-23(15-17-33-29(39)22-36(3)4)19-28(38)35-31(42,26-9-6-5-7-10-26)16-8-18-37(21-25-11-13-27(32)14-12-25)45(43,44)34-20-24(2)30(40)41/h5-7,9-14,23-24,34,42H,8,15-22H2,1-4H3,(H,33,39)(H,35,38)(H,40,41). The van der Waals surface area contributed by atoms with Gasteiger partial charge in [-0.2, -0.15) is 12.7 Å². The van der Waals surface area contributed by atoms with Crippen molar-refractivity contribution in [1.82, 2.24) is 24.6 Å². The van der Waals surface area contributed by atoms with Crippen LogP contribution in [-0.4, -0.2) is 85.9 Å². The summed E-state index contributed by atoms with van der Waals surface area (Å²) in [5, 5.41) is 26.4. The lowest BCUT2D eigenvalue weighted by molar-refractivity contribution is -0.140. The third-order valence-electron chi connectivity index (χ3n) is 7.10. The van der Waals surface area contributed by atoms with Crippen molar-refractivity contribution in [3.63, 3.8) is 0 Å². The molecule has 2 amide bonds. The van der Waals surface area contributed by atoms with Crippen molar-refractivity contribution in [3.8, 4) is 0 Å². The van der Waals surface area contributed by atoms with Crippen LogP contribution in [0, 0.1) is 17.7 Å². The highest BCUT2D eigenvalue weighted by Gasteiger charge is 2.32. The number of carbonyl (C=O) groups is 3. The summed E-state index contributed by atoms with van der Waals surface area (Å²) in [7, 11) is -0.590. The molecule has 0 aliphatic carbocycles. The maximum atomic E-state index is 13.5. The Balaban J connectivity index is 2.13. The molecule has 2 rings (SSSR count). The van der Waals surface area contributed by atoms with Gasteiger partial charge in [0.1, 0.15) is 5.82 Å². The van der Waals surface area contributed by atoms with Gasteiger partial charge in [0.25, 0.3) is 10.2 Å². The number of nitrogens with zero attached hydrogens (tertiary/aromatic N) is 2. The summed E-state index contributed by atoms with van der Waals surface area (Å²) >= 11 is 0. The Kier molecular flexibility index (Phi) is 15.0. The van der Waals surface area contributed by atoms with Crippen LogP contribution in [0.5, 0.6) is 0 Å². The zero-order valence-corrected chi connectivity index (χ0v) is 27.1. The third kappa shape index (κ3) is 13.6. The fourth-order valence-electron chi connectivity index (χ4n) is 4.49. The van der Waals surface area contributed by atoms with Gasteiger partial charge in [-0.3, -0.25) is 14.4 Å². The molecule has 45 heavy (non-hydrogen) atoms. The van der Waals surface area contributed by atoms with E-state index in [0.717, 1.165) is 4.31 Å². The molecular formula is C31H46FN5O7S. The highest BCUT2D eigenvalue weighted by Crippen LogP contribution is 2.25. The van der Waals surface area contributed by atoms with Crippen LogP contribution in [0.3, 0.4) is 0 Å². The van der Waals surface area contributed by atoms with Gasteiger partial charge in [-0.25, -0.2) is 9.11 Å². The third-order valence-corrected chi connectivity index (χ3v) is 8.63. The molecule has 2 aromatic rings. The van der Waals surface area contributed by atoms with Gasteiger partial charge >= 0.3 is 5.97 Å². The second-order valence-corrected chi connectivity index (χ2v) is 13.4. The molecule has 0 aromatic heterocycles. The molecule has 0 aliphatic rings. The van der Waals surface area contributed by atoms with Crippen molar-refractivity contribution in [1.29, 1.82) is 0 Å². The zero-order valence-electron chi connectivity index (χ0n) is 26.3. The minimum absolute atomic E-state index is 0.0430. The molecular weight excluding hydrogens is 605 g/mol. The average molecular weight is 652 g/mol. The van der Waals surface area contributed by atoms with Gasteiger partial charge in [-0.1, -0.05) is 56.3 Å². The van der Waals surface area contributed by atoms with Crippen LogP contribution in [-0.2, 0) is 36.9 Å². The Hall–Kier alpha value is -3.43. The molecule has 2 aromatic carbocycles. The van der Waals surface area contributed by atoms with E-state index in [1.807, 2.05) is 6.92 Å². The van der Waals surface area contributed by atoms with Gasteiger partial charge in [0.05, 0.1) is 12.5 Å². The first kappa shape index (κ1) is 37.8. The summed E-state index contributed by atoms with van der Waals surface area (Å²) in [6, 6.07) is 13.8. The van der Waals surface area contributed by atoms with Crippen molar-refractivity contribution in [2.45, 2.75) is 51.8 Å². The lowest BCUT2D eigenvalue weighted by atomic mass is 9.96. The number of carboxylic acids is 1. The Morgan fingerprint density at radius 3 is 2.24 bits per heavy atom. The molecule has 0 heterocycles. The highest BCUT2D eigenvalue weighted by atomic mass is 32.2. The molecule has 5 N–H and O–H groups in total. The van der Waals surface area contributed by atoms with Crippen molar-refractivity contribution in [2.75, 3.05) is 40.3 Å². The van der Waals surface area contributed by atoms with Crippen LogP contribution in [0.25, 0.3) is 0 Å². The van der Waals surface area contributed by atoms with Gasteiger partial charge < -0.3 is 25.7 Å². The first-order chi connectivity index (χ1) is 21.1. The van der Waals surface area contributed by atoms with E-state index < -0.39 is 39.5 Å². The van der Waals surface area contributed by atoms with E-state index >= 15 is 0 Å². The number of rotatable bonds is 20. The number of benzene rings is 2. The average Bonchev–Trinajstić information content (AvgIpc) is 2.96. The number of aliphatic hydroxyl groups is 1. The Bertz CT molecular complexity index is 1350. The zero-order chi connectivity index (χ0) is 33.6. The summed E-state index contributed by atoms with van der Waals surface area (Å²) in [6.45, 7) is 3.35.